The third kappa shape index (κ3) is 6.27. The topological polar surface area (TPSA) is 102 Å². The summed E-state index contributed by atoms with van der Waals surface area (Å²) < 4.78 is 11.6. The summed E-state index contributed by atoms with van der Waals surface area (Å²) in [5.74, 6) is 0.124. The summed E-state index contributed by atoms with van der Waals surface area (Å²) in [7, 11) is 1.60. The summed E-state index contributed by atoms with van der Waals surface area (Å²) in [5, 5.41) is 21.6. The van der Waals surface area contributed by atoms with Gasteiger partial charge in [-0.15, -0.1) is 0 Å². The van der Waals surface area contributed by atoms with Crippen LogP contribution in [-0.4, -0.2) is 23.1 Å². The van der Waals surface area contributed by atoms with E-state index in [0.29, 0.717) is 11.5 Å². The second kappa shape index (κ2) is 11.5. The number of non-ortho nitro benzene ring substituents is 1. The maximum Gasteiger partial charge on any atom is 0.316 e. The van der Waals surface area contributed by atoms with Crippen molar-refractivity contribution in [3.63, 3.8) is 0 Å². The molecular formula is C33H36N2O6. The Bertz CT molecular complexity index is 1490. The van der Waals surface area contributed by atoms with Crippen LogP contribution >= 0.6 is 0 Å². The first-order valence-corrected chi connectivity index (χ1v) is 13.4. The molecule has 0 saturated carbocycles. The van der Waals surface area contributed by atoms with Crippen molar-refractivity contribution in [3.05, 3.63) is 117 Å². The number of hydrogen-bond acceptors (Lipinski definition) is 7. The number of carbonyl (C=O) groups excluding carboxylic acids is 1. The number of hydrogen-bond donors (Lipinski definition) is 1. The number of phenolic OH excluding ortho intramolecular Hbond substituents is 1. The Morgan fingerprint density at radius 3 is 1.95 bits per heavy atom. The molecule has 214 valence electrons. The number of ether oxygens (including phenoxy) is 2. The molecule has 3 aromatic carbocycles. The van der Waals surface area contributed by atoms with Gasteiger partial charge in [-0.2, -0.15) is 0 Å². The fourth-order valence-corrected chi connectivity index (χ4v) is 5.23. The third-order valence-corrected chi connectivity index (χ3v) is 7.23. The number of anilines is 1. The predicted octanol–water partition coefficient (Wildman–Crippen LogP) is 7.65. The van der Waals surface area contributed by atoms with Gasteiger partial charge in [-0.3, -0.25) is 14.9 Å². The van der Waals surface area contributed by atoms with E-state index >= 15 is 0 Å². The van der Waals surface area contributed by atoms with Gasteiger partial charge in [-0.05, 0) is 93.6 Å². The zero-order valence-corrected chi connectivity index (χ0v) is 24.5. The van der Waals surface area contributed by atoms with Gasteiger partial charge in [-0.25, -0.2) is 0 Å². The van der Waals surface area contributed by atoms with Gasteiger partial charge < -0.3 is 19.5 Å². The van der Waals surface area contributed by atoms with E-state index in [1.165, 1.54) is 12.1 Å². The molecule has 0 aromatic heterocycles. The number of nitro benzene ring substituents is 1. The average Bonchev–Trinajstić information content (AvgIpc) is 3.03. The van der Waals surface area contributed by atoms with E-state index in [0.717, 1.165) is 33.5 Å². The Kier molecular flexibility index (Phi) is 8.24. The number of methoxy groups -OCH3 is 1. The molecule has 4 rings (SSSR count). The Morgan fingerprint density at radius 1 is 0.902 bits per heavy atom. The normalized spacial score (nSPS) is 17.3. The van der Waals surface area contributed by atoms with Crippen LogP contribution in [0.2, 0.25) is 0 Å². The Hall–Kier alpha value is -4.59. The van der Waals surface area contributed by atoms with Gasteiger partial charge >= 0.3 is 5.97 Å². The van der Waals surface area contributed by atoms with Crippen molar-refractivity contribution in [2.24, 2.45) is 5.41 Å². The molecule has 1 aliphatic rings. The lowest BCUT2D eigenvalue weighted by Gasteiger charge is -2.30. The molecular weight excluding hydrogens is 520 g/mol. The minimum absolute atomic E-state index is 0.00287. The molecule has 0 fully saturated rings. The third-order valence-electron chi connectivity index (χ3n) is 7.23. The quantitative estimate of drug-likeness (QED) is 0.189. The molecule has 0 saturated heterocycles. The maximum absolute atomic E-state index is 13.4. The molecule has 41 heavy (non-hydrogen) atoms. The number of phenols is 1. The number of aryl methyl sites for hydroxylation is 2. The number of benzene rings is 3. The molecule has 0 bridgehead atoms. The summed E-state index contributed by atoms with van der Waals surface area (Å²) >= 11 is 0. The standard InChI is InChI=1S/C33H36N2O6/c1-20-16-26(36)17-21(2)31(20)34-18-22(3)29(23-8-12-25(13-9-23)35(38)39)30(24-10-14-27(40-7)15-11-24)28(19-34)41-32(37)33(4,5)6/h8-19,29-30,36H,1-7H3/t29-,30+/m1/s1. The number of allylic oxidation sites excluding steroid dienone is 2. The summed E-state index contributed by atoms with van der Waals surface area (Å²) in [6.07, 6.45) is 3.83. The van der Waals surface area contributed by atoms with Crippen molar-refractivity contribution in [2.75, 3.05) is 12.0 Å². The molecule has 3 aromatic rings. The van der Waals surface area contributed by atoms with Crippen LogP contribution in [0.1, 0.15) is 61.8 Å². The molecule has 0 spiro atoms. The van der Waals surface area contributed by atoms with Gasteiger partial charge in [-0.1, -0.05) is 24.3 Å². The highest BCUT2D eigenvalue weighted by molar-refractivity contribution is 5.77. The number of rotatable bonds is 6. The minimum Gasteiger partial charge on any atom is -0.508 e. The van der Waals surface area contributed by atoms with Crippen LogP contribution in [0.4, 0.5) is 11.4 Å². The molecule has 0 aliphatic carbocycles. The number of aromatic hydroxyl groups is 1. The first-order valence-electron chi connectivity index (χ1n) is 13.4. The van der Waals surface area contributed by atoms with Crippen LogP contribution in [0.15, 0.2) is 84.4 Å². The van der Waals surface area contributed by atoms with Gasteiger partial charge in [0.2, 0.25) is 0 Å². The largest absolute Gasteiger partial charge is 0.508 e. The molecule has 1 aliphatic heterocycles. The summed E-state index contributed by atoms with van der Waals surface area (Å²) in [5.41, 5.74) is 4.45. The average molecular weight is 557 g/mol. The highest BCUT2D eigenvalue weighted by Crippen LogP contribution is 2.47. The van der Waals surface area contributed by atoms with Crippen molar-refractivity contribution in [1.82, 2.24) is 0 Å². The number of carbonyl (C=O) groups is 1. The van der Waals surface area contributed by atoms with Gasteiger partial charge in [0.25, 0.3) is 5.69 Å². The second-order valence-electron chi connectivity index (χ2n) is 11.5. The van der Waals surface area contributed by atoms with E-state index in [1.807, 2.05) is 62.3 Å². The first kappa shape index (κ1) is 29.4. The molecule has 0 amide bonds. The van der Waals surface area contributed by atoms with Crippen LogP contribution in [0.3, 0.4) is 0 Å². The van der Waals surface area contributed by atoms with Gasteiger partial charge in [0, 0.05) is 30.5 Å². The van der Waals surface area contributed by atoms with Crippen molar-refractivity contribution >= 4 is 17.3 Å². The van der Waals surface area contributed by atoms with E-state index in [4.69, 9.17) is 9.47 Å². The van der Waals surface area contributed by atoms with Crippen LogP contribution in [0.25, 0.3) is 0 Å². The van der Waals surface area contributed by atoms with Crippen molar-refractivity contribution in [3.8, 4) is 11.5 Å². The van der Waals surface area contributed by atoms with E-state index in [1.54, 1.807) is 52.1 Å². The zero-order chi connectivity index (χ0) is 30.1. The fourth-order valence-electron chi connectivity index (χ4n) is 5.23. The number of nitro groups is 1. The van der Waals surface area contributed by atoms with Crippen LogP contribution in [0.5, 0.6) is 11.5 Å². The molecule has 2 atom stereocenters. The Labute approximate surface area is 240 Å². The lowest BCUT2D eigenvalue weighted by atomic mass is 9.76. The number of esters is 1. The molecule has 8 nitrogen and oxygen atoms in total. The monoisotopic (exact) mass is 556 g/mol. The molecule has 1 N–H and O–H groups in total. The Morgan fingerprint density at radius 2 is 1.44 bits per heavy atom. The Balaban J connectivity index is 2.00. The molecule has 1 heterocycles. The van der Waals surface area contributed by atoms with Crippen LogP contribution < -0.4 is 9.64 Å². The van der Waals surface area contributed by atoms with E-state index in [2.05, 4.69) is 0 Å². The number of nitrogens with zero attached hydrogens (tertiary/aromatic N) is 2. The SMILES string of the molecule is COc1ccc([C@H]2C(OC(=O)C(C)(C)C)=CN(c3c(C)cc(O)cc3C)C=C(C)[C@@H]2c2ccc([N+](=O)[O-])cc2)cc1. The molecule has 8 heteroatoms. The zero-order valence-electron chi connectivity index (χ0n) is 24.5. The lowest BCUT2D eigenvalue weighted by Crippen LogP contribution is -2.26. The second-order valence-corrected chi connectivity index (χ2v) is 11.5. The molecule has 0 radical (unpaired) electrons. The predicted molar refractivity (Wildman–Crippen MR) is 159 cm³/mol. The van der Waals surface area contributed by atoms with Gasteiger partial charge in [0.15, 0.2) is 0 Å². The highest BCUT2D eigenvalue weighted by Gasteiger charge is 2.37. The van der Waals surface area contributed by atoms with Gasteiger partial charge in [0.05, 0.1) is 29.1 Å². The van der Waals surface area contributed by atoms with E-state index in [9.17, 15) is 20.0 Å². The summed E-state index contributed by atoms with van der Waals surface area (Å²) in [6, 6.07) is 17.5. The minimum atomic E-state index is -0.766. The lowest BCUT2D eigenvalue weighted by molar-refractivity contribution is -0.384. The van der Waals surface area contributed by atoms with E-state index in [-0.39, 0.29) is 23.3 Å². The summed E-state index contributed by atoms with van der Waals surface area (Å²) in [6.45, 7) is 11.2. The molecule has 0 unspecified atom stereocenters. The van der Waals surface area contributed by atoms with Crippen LogP contribution in [0, 0.1) is 29.4 Å². The first-order chi connectivity index (χ1) is 19.3. The summed E-state index contributed by atoms with van der Waals surface area (Å²) in [4.78, 5) is 26.3. The highest BCUT2D eigenvalue weighted by atomic mass is 16.6. The van der Waals surface area contributed by atoms with Crippen molar-refractivity contribution in [2.45, 2.75) is 53.4 Å². The van der Waals surface area contributed by atoms with Crippen LogP contribution in [-0.2, 0) is 9.53 Å². The van der Waals surface area contributed by atoms with Crippen molar-refractivity contribution in [1.29, 1.82) is 0 Å². The fraction of sp³-hybridized carbons (Fsp3) is 0.303. The maximum atomic E-state index is 13.4. The van der Waals surface area contributed by atoms with Gasteiger partial charge in [0.1, 0.15) is 17.3 Å². The smallest absolute Gasteiger partial charge is 0.316 e. The van der Waals surface area contributed by atoms with Crippen molar-refractivity contribution < 1.29 is 24.3 Å². The van der Waals surface area contributed by atoms with E-state index < -0.39 is 16.3 Å².